The number of rotatable bonds is 5. The zero-order chi connectivity index (χ0) is 16.4. The number of hydrogen-bond donors (Lipinski definition) is 1. The highest BCUT2D eigenvalue weighted by Crippen LogP contribution is 2.19. The van der Waals surface area contributed by atoms with Gasteiger partial charge in [0.1, 0.15) is 11.3 Å². The Morgan fingerprint density at radius 3 is 2.87 bits per heavy atom. The third kappa shape index (κ3) is 2.75. The number of Topliss-reactive ketones (excluding diaryl/α,β-unsaturated/α-hetero) is 1. The van der Waals surface area contributed by atoms with Crippen LogP contribution in [0.5, 0.6) is 0 Å². The van der Waals surface area contributed by atoms with Gasteiger partial charge in [-0.1, -0.05) is 30.3 Å². The highest BCUT2D eigenvalue weighted by molar-refractivity contribution is 6.09. The third-order valence-electron chi connectivity index (χ3n) is 3.70. The predicted octanol–water partition coefficient (Wildman–Crippen LogP) is 3.07. The van der Waals surface area contributed by atoms with E-state index in [-0.39, 0.29) is 12.4 Å². The zero-order valence-electron chi connectivity index (χ0n) is 12.9. The summed E-state index contributed by atoms with van der Waals surface area (Å²) < 4.78 is 10.1. The van der Waals surface area contributed by atoms with E-state index < -0.39 is 5.97 Å². The number of esters is 1. The van der Waals surface area contributed by atoms with Gasteiger partial charge in [-0.15, -0.1) is 0 Å². The summed E-state index contributed by atoms with van der Waals surface area (Å²) >= 11 is 0. The van der Waals surface area contributed by atoms with Crippen molar-refractivity contribution in [1.29, 1.82) is 0 Å². The Kier molecular flexibility index (Phi) is 3.97. The van der Waals surface area contributed by atoms with Crippen molar-refractivity contribution in [3.05, 3.63) is 53.0 Å². The van der Waals surface area contributed by atoms with Crippen molar-refractivity contribution in [2.75, 3.05) is 6.61 Å². The van der Waals surface area contributed by atoms with Crippen LogP contribution in [0, 0.1) is 6.92 Å². The summed E-state index contributed by atoms with van der Waals surface area (Å²) in [5, 5.41) is 4.62. The van der Waals surface area contributed by atoms with Crippen LogP contribution in [0.25, 0.3) is 10.9 Å². The summed E-state index contributed by atoms with van der Waals surface area (Å²) in [6.07, 6.45) is 2.18. The second-order valence-electron chi connectivity index (χ2n) is 5.16. The van der Waals surface area contributed by atoms with Gasteiger partial charge in [0.2, 0.25) is 5.78 Å². The second kappa shape index (κ2) is 6.08. The highest BCUT2D eigenvalue weighted by Gasteiger charge is 2.22. The first-order valence-electron chi connectivity index (χ1n) is 7.33. The fourth-order valence-corrected chi connectivity index (χ4v) is 2.50. The molecule has 3 rings (SSSR count). The SMILES string of the molecule is CCc1noc(C)c1C(=O)OCC(=O)c1c[nH]c2ccccc12. The summed E-state index contributed by atoms with van der Waals surface area (Å²) in [5.41, 5.74) is 2.21. The van der Waals surface area contributed by atoms with Gasteiger partial charge in [-0.3, -0.25) is 4.79 Å². The van der Waals surface area contributed by atoms with E-state index in [1.165, 1.54) is 0 Å². The topological polar surface area (TPSA) is 85.2 Å². The van der Waals surface area contributed by atoms with Gasteiger partial charge in [0.25, 0.3) is 0 Å². The first kappa shape index (κ1) is 15.0. The van der Waals surface area contributed by atoms with E-state index in [9.17, 15) is 9.59 Å². The standard InChI is InChI=1S/C17H16N2O4/c1-3-13-16(10(2)23-19-13)17(21)22-9-15(20)12-8-18-14-7-5-4-6-11(12)14/h4-8,18H,3,9H2,1-2H3. The van der Waals surface area contributed by atoms with Crippen molar-refractivity contribution in [3.63, 3.8) is 0 Å². The molecule has 0 amide bonds. The van der Waals surface area contributed by atoms with E-state index in [2.05, 4.69) is 10.1 Å². The van der Waals surface area contributed by atoms with Crippen molar-refractivity contribution < 1.29 is 18.8 Å². The molecule has 6 heteroatoms. The van der Waals surface area contributed by atoms with E-state index in [0.29, 0.717) is 29.0 Å². The molecule has 23 heavy (non-hydrogen) atoms. The van der Waals surface area contributed by atoms with Crippen LogP contribution in [0.4, 0.5) is 0 Å². The number of ketones is 1. The number of aromatic nitrogens is 2. The lowest BCUT2D eigenvalue weighted by atomic mass is 10.1. The molecule has 1 N–H and O–H groups in total. The van der Waals surface area contributed by atoms with Gasteiger partial charge in [0.15, 0.2) is 6.61 Å². The molecule has 2 heterocycles. The molecule has 0 radical (unpaired) electrons. The maximum atomic E-state index is 12.3. The number of fused-ring (bicyclic) bond motifs is 1. The van der Waals surface area contributed by atoms with Crippen molar-refractivity contribution in [1.82, 2.24) is 10.1 Å². The van der Waals surface area contributed by atoms with Crippen LogP contribution < -0.4 is 0 Å². The second-order valence-corrected chi connectivity index (χ2v) is 5.16. The Morgan fingerprint density at radius 2 is 2.09 bits per heavy atom. The van der Waals surface area contributed by atoms with Crippen LogP contribution in [-0.2, 0) is 11.2 Å². The average molecular weight is 312 g/mol. The Bertz CT molecular complexity index is 876. The number of para-hydroxylation sites is 1. The lowest BCUT2D eigenvalue weighted by Gasteiger charge is -2.04. The predicted molar refractivity (Wildman–Crippen MR) is 83.5 cm³/mol. The Balaban J connectivity index is 1.74. The van der Waals surface area contributed by atoms with Crippen molar-refractivity contribution >= 4 is 22.7 Å². The molecule has 0 saturated heterocycles. The highest BCUT2D eigenvalue weighted by atomic mass is 16.5. The molecule has 0 bridgehead atoms. The summed E-state index contributed by atoms with van der Waals surface area (Å²) in [4.78, 5) is 27.5. The number of benzene rings is 1. The Labute approximate surface area is 132 Å². The smallest absolute Gasteiger partial charge is 0.344 e. The normalized spacial score (nSPS) is 10.9. The largest absolute Gasteiger partial charge is 0.454 e. The number of carbonyl (C=O) groups is 2. The number of H-pyrrole nitrogens is 1. The van der Waals surface area contributed by atoms with Gasteiger partial charge in [0, 0.05) is 22.7 Å². The monoisotopic (exact) mass is 312 g/mol. The maximum Gasteiger partial charge on any atom is 0.344 e. The number of nitrogens with one attached hydrogen (secondary N) is 1. The molecule has 3 aromatic rings. The van der Waals surface area contributed by atoms with Gasteiger partial charge in [-0.2, -0.15) is 0 Å². The summed E-state index contributed by atoms with van der Waals surface area (Å²) in [7, 11) is 0. The Morgan fingerprint density at radius 1 is 1.30 bits per heavy atom. The third-order valence-corrected chi connectivity index (χ3v) is 3.70. The fourth-order valence-electron chi connectivity index (χ4n) is 2.50. The van der Waals surface area contributed by atoms with Gasteiger partial charge in [-0.05, 0) is 19.4 Å². The molecule has 0 fully saturated rings. The van der Waals surface area contributed by atoms with E-state index in [1.807, 2.05) is 31.2 Å². The van der Waals surface area contributed by atoms with Crippen LogP contribution in [0.1, 0.15) is 39.1 Å². The number of aromatic amines is 1. The lowest BCUT2D eigenvalue weighted by Crippen LogP contribution is -2.15. The van der Waals surface area contributed by atoms with E-state index >= 15 is 0 Å². The van der Waals surface area contributed by atoms with E-state index in [1.54, 1.807) is 13.1 Å². The van der Waals surface area contributed by atoms with E-state index in [4.69, 9.17) is 9.26 Å². The number of aryl methyl sites for hydroxylation is 2. The summed E-state index contributed by atoms with van der Waals surface area (Å²) in [6, 6.07) is 7.47. The fraction of sp³-hybridized carbons (Fsp3) is 0.235. The minimum atomic E-state index is -0.589. The minimum Gasteiger partial charge on any atom is -0.454 e. The quantitative estimate of drug-likeness (QED) is 0.578. The average Bonchev–Trinajstić information content (AvgIpc) is 3.15. The van der Waals surface area contributed by atoms with Gasteiger partial charge < -0.3 is 14.2 Å². The van der Waals surface area contributed by atoms with Crippen LogP contribution in [0.3, 0.4) is 0 Å². The van der Waals surface area contributed by atoms with Crippen LogP contribution >= 0.6 is 0 Å². The van der Waals surface area contributed by atoms with Gasteiger partial charge in [0.05, 0.1) is 5.69 Å². The molecule has 0 aliphatic carbocycles. The maximum absolute atomic E-state index is 12.3. The molecule has 2 aromatic heterocycles. The van der Waals surface area contributed by atoms with E-state index in [0.717, 1.165) is 10.9 Å². The van der Waals surface area contributed by atoms with Crippen molar-refractivity contribution in [2.45, 2.75) is 20.3 Å². The molecule has 118 valence electrons. The van der Waals surface area contributed by atoms with Crippen LogP contribution in [-0.4, -0.2) is 28.5 Å². The minimum absolute atomic E-state index is 0.261. The molecule has 0 saturated carbocycles. The van der Waals surface area contributed by atoms with Crippen molar-refractivity contribution in [3.8, 4) is 0 Å². The van der Waals surface area contributed by atoms with Crippen molar-refractivity contribution in [2.24, 2.45) is 0 Å². The van der Waals surface area contributed by atoms with Crippen LogP contribution in [0.2, 0.25) is 0 Å². The number of carbonyl (C=O) groups excluding carboxylic acids is 2. The molecular weight excluding hydrogens is 296 g/mol. The first-order valence-corrected chi connectivity index (χ1v) is 7.33. The molecule has 0 atom stereocenters. The zero-order valence-corrected chi connectivity index (χ0v) is 12.9. The van der Waals surface area contributed by atoms with Crippen LogP contribution in [0.15, 0.2) is 35.0 Å². The number of hydrogen-bond acceptors (Lipinski definition) is 5. The molecule has 0 spiro atoms. The molecule has 0 unspecified atom stereocenters. The summed E-state index contributed by atoms with van der Waals surface area (Å²) in [5.74, 6) is -0.455. The lowest BCUT2D eigenvalue weighted by molar-refractivity contribution is 0.0472. The Hall–Kier alpha value is -2.89. The molecule has 1 aromatic carbocycles. The molecule has 6 nitrogen and oxygen atoms in total. The molecule has 0 aliphatic rings. The summed E-state index contributed by atoms with van der Waals surface area (Å²) in [6.45, 7) is 3.18. The number of nitrogens with zero attached hydrogens (tertiary/aromatic N) is 1. The molecular formula is C17H16N2O4. The molecule has 0 aliphatic heterocycles. The van der Waals surface area contributed by atoms with Gasteiger partial charge >= 0.3 is 5.97 Å². The number of ether oxygens (including phenoxy) is 1. The van der Waals surface area contributed by atoms with Gasteiger partial charge in [-0.25, -0.2) is 4.79 Å². The first-order chi connectivity index (χ1) is 11.1.